The Balaban J connectivity index is 1.62. The number of nitrogens with one attached hydrogen (secondary N) is 2. The minimum absolute atomic E-state index is 0.0340. The molecule has 2 saturated heterocycles. The standard InChI is InChI=1S/C22H18Cl2N4O4/c23-11-5-6-14-12(7-11)22(21(32)26-14)18-17(15(27-22)8-16(25)29)19(30)28(20(18)31)9-10-3-1-2-4-13(10)24/h1-7,15,17-18,27H,8-9H2,(H2,25,29)(H,26,32)/t15-,17-,18+,22+/m1/s1. The third kappa shape index (κ3) is 2.87. The zero-order valence-corrected chi connectivity index (χ0v) is 18.1. The molecular formula is C22H18Cl2N4O4. The molecular weight excluding hydrogens is 455 g/mol. The van der Waals surface area contributed by atoms with Crippen molar-refractivity contribution in [1.29, 1.82) is 0 Å². The number of amides is 4. The van der Waals surface area contributed by atoms with Gasteiger partial charge in [0.2, 0.25) is 23.6 Å². The number of imide groups is 1. The number of benzene rings is 2. The summed E-state index contributed by atoms with van der Waals surface area (Å²) in [6.07, 6.45) is -0.203. The van der Waals surface area contributed by atoms with Crippen molar-refractivity contribution in [2.45, 2.75) is 24.5 Å². The molecule has 32 heavy (non-hydrogen) atoms. The topological polar surface area (TPSA) is 122 Å². The minimum Gasteiger partial charge on any atom is -0.370 e. The summed E-state index contributed by atoms with van der Waals surface area (Å²) in [5.41, 5.74) is 5.46. The Morgan fingerprint density at radius 3 is 2.56 bits per heavy atom. The molecule has 3 heterocycles. The number of nitrogens with two attached hydrogens (primary N) is 1. The fraction of sp³-hybridized carbons (Fsp3) is 0.273. The van der Waals surface area contributed by atoms with Gasteiger partial charge in [0.05, 0.1) is 18.4 Å². The summed E-state index contributed by atoms with van der Waals surface area (Å²) >= 11 is 12.4. The quantitative estimate of drug-likeness (QED) is 0.585. The molecule has 3 aliphatic heterocycles. The van der Waals surface area contributed by atoms with Crippen molar-refractivity contribution >= 4 is 52.5 Å². The SMILES string of the molecule is NC(=O)C[C@H]1N[C@]2(C(=O)Nc3ccc(Cl)cc32)[C@@H]2C(=O)N(Cc3ccccc3Cl)C(=O)[C@@H]21. The molecule has 0 unspecified atom stereocenters. The summed E-state index contributed by atoms with van der Waals surface area (Å²) in [5, 5.41) is 6.69. The number of likely N-dealkylation sites (tertiary alicyclic amines) is 1. The third-order valence-electron chi connectivity index (χ3n) is 6.48. The Morgan fingerprint density at radius 2 is 1.84 bits per heavy atom. The number of rotatable bonds is 4. The van der Waals surface area contributed by atoms with Crippen LogP contribution in [0.3, 0.4) is 0 Å². The molecule has 5 rings (SSSR count). The van der Waals surface area contributed by atoms with Gasteiger partial charge in [-0.1, -0.05) is 41.4 Å². The Hall–Kier alpha value is -2.94. The number of primary amides is 1. The van der Waals surface area contributed by atoms with Gasteiger partial charge >= 0.3 is 0 Å². The van der Waals surface area contributed by atoms with Crippen LogP contribution in [0, 0.1) is 11.8 Å². The van der Waals surface area contributed by atoms with E-state index in [1.54, 1.807) is 42.5 Å². The first-order valence-corrected chi connectivity index (χ1v) is 10.8. The normalized spacial score (nSPS) is 28.2. The van der Waals surface area contributed by atoms with Crippen molar-refractivity contribution in [3.05, 3.63) is 63.6 Å². The fourth-order valence-electron chi connectivity index (χ4n) is 5.18. The van der Waals surface area contributed by atoms with Gasteiger partial charge in [0, 0.05) is 33.8 Å². The lowest BCUT2D eigenvalue weighted by molar-refractivity contribution is -0.143. The highest BCUT2D eigenvalue weighted by atomic mass is 35.5. The molecule has 2 aromatic carbocycles. The molecule has 0 aliphatic carbocycles. The summed E-state index contributed by atoms with van der Waals surface area (Å²) in [4.78, 5) is 53.2. The van der Waals surface area contributed by atoms with E-state index in [-0.39, 0.29) is 13.0 Å². The Morgan fingerprint density at radius 1 is 1.09 bits per heavy atom. The highest BCUT2D eigenvalue weighted by molar-refractivity contribution is 6.31. The Kier molecular flexibility index (Phi) is 4.77. The number of hydrogen-bond acceptors (Lipinski definition) is 5. The molecule has 10 heteroatoms. The molecule has 8 nitrogen and oxygen atoms in total. The van der Waals surface area contributed by atoms with Crippen LogP contribution in [0.25, 0.3) is 0 Å². The fourth-order valence-corrected chi connectivity index (χ4v) is 5.55. The third-order valence-corrected chi connectivity index (χ3v) is 7.08. The molecule has 0 aromatic heterocycles. The van der Waals surface area contributed by atoms with E-state index < -0.39 is 47.0 Å². The number of halogens is 2. The highest BCUT2D eigenvalue weighted by Crippen LogP contribution is 2.54. The van der Waals surface area contributed by atoms with E-state index in [1.807, 2.05) is 0 Å². The van der Waals surface area contributed by atoms with E-state index in [4.69, 9.17) is 28.9 Å². The molecule has 2 aromatic rings. The van der Waals surface area contributed by atoms with Crippen molar-refractivity contribution in [2.24, 2.45) is 17.6 Å². The summed E-state index contributed by atoms with van der Waals surface area (Å²) in [6.45, 7) is -0.0340. The van der Waals surface area contributed by atoms with Gasteiger partial charge in [0.25, 0.3) is 0 Å². The van der Waals surface area contributed by atoms with Crippen LogP contribution in [0.15, 0.2) is 42.5 Å². The van der Waals surface area contributed by atoms with Crippen molar-refractivity contribution in [2.75, 3.05) is 5.32 Å². The summed E-state index contributed by atoms with van der Waals surface area (Å²) in [5.74, 6) is -4.10. The molecule has 0 saturated carbocycles. The van der Waals surface area contributed by atoms with Crippen LogP contribution in [0.4, 0.5) is 5.69 Å². The zero-order chi connectivity index (χ0) is 22.8. The first kappa shape index (κ1) is 20.9. The Bertz CT molecular complexity index is 1200. The lowest BCUT2D eigenvalue weighted by Gasteiger charge is -2.29. The highest BCUT2D eigenvalue weighted by Gasteiger charge is 2.70. The van der Waals surface area contributed by atoms with Gasteiger partial charge in [-0.25, -0.2) is 0 Å². The molecule has 0 bridgehead atoms. The number of anilines is 1. The van der Waals surface area contributed by atoms with Gasteiger partial charge in [-0.2, -0.15) is 0 Å². The molecule has 0 radical (unpaired) electrons. The summed E-state index contributed by atoms with van der Waals surface area (Å²) in [6, 6.07) is 11.0. The van der Waals surface area contributed by atoms with Gasteiger partial charge in [0.1, 0.15) is 5.54 Å². The van der Waals surface area contributed by atoms with Gasteiger partial charge in [0.15, 0.2) is 0 Å². The second-order valence-electron chi connectivity index (χ2n) is 8.23. The molecule has 2 fully saturated rings. The minimum atomic E-state index is -1.53. The van der Waals surface area contributed by atoms with E-state index in [2.05, 4.69) is 10.6 Å². The number of carbonyl (C=O) groups excluding carboxylic acids is 4. The van der Waals surface area contributed by atoms with Gasteiger partial charge in [-0.3, -0.25) is 29.4 Å². The largest absolute Gasteiger partial charge is 0.370 e. The average molecular weight is 473 g/mol. The smallest absolute Gasteiger partial charge is 0.250 e. The second kappa shape index (κ2) is 7.30. The lowest BCUT2D eigenvalue weighted by atomic mass is 9.76. The molecule has 4 amide bonds. The maximum absolute atomic E-state index is 13.6. The van der Waals surface area contributed by atoms with E-state index in [1.165, 1.54) is 0 Å². The van der Waals surface area contributed by atoms with E-state index >= 15 is 0 Å². The van der Waals surface area contributed by atoms with Crippen LogP contribution < -0.4 is 16.4 Å². The monoisotopic (exact) mass is 472 g/mol. The molecule has 1 spiro atoms. The van der Waals surface area contributed by atoms with Crippen molar-refractivity contribution < 1.29 is 19.2 Å². The lowest BCUT2D eigenvalue weighted by Crippen LogP contribution is -2.53. The molecule has 4 N–H and O–H groups in total. The maximum atomic E-state index is 13.6. The number of carbonyl (C=O) groups is 4. The van der Waals surface area contributed by atoms with Crippen LogP contribution >= 0.6 is 23.2 Å². The molecule has 3 aliphatic rings. The zero-order valence-electron chi connectivity index (χ0n) is 16.6. The van der Waals surface area contributed by atoms with Gasteiger partial charge in [-0.05, 0) is 29.8 Å². The van der Waals surface area contributed by atoms with E-state index in [0.717, 1.165) is 4.90 Å². The number of hydrogen-bond donors (Lipinski definition) is 3. The summed E-state index contributed by atoms with van der Waals surface area (Å²) in [7, 11) is 0. The van der Waals surface area contributed by atoms with Crippen LogP contribution in [0.5, 0.6) is 0 Å². The first-order valence-electron chi connectivity index (χ1n) is 10.00. The van der Waals surface area contributed by atoms with Crippen LogP contribution in [-0.2, 0) is 31.3 Å². The maximum Gasteiger partial charge on any atom is 0.250 e. The molecule has 164 valence electrons. The van der Waals surface area contributed by atoms with E-state index in [9.17, 15) is 19.2 Å². The Labute approximate surface area is 193 Å². The summed E-state index contributed by atoms with van der Waals surface area (Å²) < 4.78 is 0. The van der Waals surface area contributed by atoms with Crippen LogP contribution in [0.1, 0.15) is 17.5 Å². The second-order valence-corrected chi connectivity index (χ2v) is 9.07. The predicted octanol–water partition coefficient (Wildman–Crippen LogP) is 1.79. The van der Waals surface area contributed by atoms with Gasteiger partial charge < -0.3 is 11.1 Å². The van der Waals surface area contributed by atoms with E-state index in [0.29, 0.717) is 26.9 Å². The van der Waals surface area contributed by atoms with Gasteiger partial charge in [-0.15, -0.1) is 0 Å². The van der Waals surface area contributed by atoms with Crippen LogP contribution in [-0.4, -0.2) is 34.6 Å². The molecule has 4 atom stereocenters. The first-order chi connectivity index (χ1) is 15.2. The number of nitrogens with zero attached hydrogens (tertiary/aromatic N) is 1. The van der Waals surface area contributed by atoms with Crippen molar-refractivity contribution in [3.63, 3.8) is 0 Å². The van der Waals surface area contributed by atoms with Crippen LogP contribution in [0.2, 0.25) is 10.0 Å². The van der Waals surface area contributed by atoms with Crippen molar-refractivity contribution in [3.8, 4) is 0 Å². The number of fused-ring (bicyclic) bond motifs is 4. The van der Waals surface area contributed by atoms with Crippen molar-refractivity contribution in [1.82, 2.24) is 10.2 Å². The average Bonchev–Trinajstić information content (AvgIpc) is 3.30. The predicted molar refractivity (Wildman–Crippen MR) is 116 cm³/mol.